The molecule has 28 heavy (non-hydrogen) atoms. The first-order valence-corrected chi connectivity index (χ1v) is 9.33. The van der Waals surface area contributed by atoms with Gasteiger partial charge in [-0.15, -0.1) is 0 Å². The van der Waals surface area contributed by atoms with Crippen LogP contribution in [0.2, 0.25) is 0 Å². The molecule has 4 rings (SSSR count). The van der Waals surface area contributed by atoms with Crippen molar-refractivity contribution in [2.45, 2.75) is 38.3 Å². The number of rotatable bonds is 3. The van der Waals surface area contributed by atoms with Crippen LogP contribution in [0.5, 0.6) is 0 Å². The van der Waals surface area contributed by atoms with Crippen LogP contribution in [0, 0.1) is 5.82 Å². The third-order valence-electron chi connectivity index (χ3n) is 4.92. The zero-order valence-electron chi connectivity index (χ0n) is 15.4. The van der Waals surface area contributed by atoms with Gasteiger partial charge in [-0.1, -0.05) is 11.6 Å². The van der Waals surface area contributed by atoms with Crippen molar-refractivity contribution in [3.8, 4) is 0 Å². The molecule has 2 aliphatic rings. The zero-order valence-corrected chi connectivity index (χ0v) is 16.1. The monoisotopic (exact) mass is 412 g/mol. The number of nitrogens with zero attached hydrogens (tertiary/aromatic N) is 4. The Morgan fingerprint density at radius 2 is 2.11 bits per heavy atom. The Bertz CT molecular complexity index is 997. The first-order chi connectivity index (χ1) is 13.2. The molecule has 1 unspecified atom stereocenters. The van der Waals surface area contributed by atoms with Crippen LogP contribution < -0.4 is 16.0 Å². The quantitative estimate of drug-likeness (QED) is 0.807. The minimum Gasteiger partial charge on any atom is -0.370 e. The van der Waals surface area contributed by atoms with E-state index in [1.54, 1.807) is 10.6 Å². The summed E-state index contributed by atoms with van der Waals surface area (Å²) in [5.41, 5.74) is 6.86. The van der Waals surface area contributed by atoms with Crippen molar-refractivity contribution in [2.75, 3.05) is 18.0 Å². The molecule has 1 fully saturated rings. The molecule has 2 aliphatic heterocycles. The molecule has 1 aromatic carbocycles. The van der Waals surface area contributed by atoms with Gasteiger partial charge in [0.15, 0.2) is 11.8 Å². The highest BCUT2D eigenvalue weighted by molar-refractivity contribution is 6.30. The number of benzene rings is 1. The van der Waals surface area contributed by atoms with Gasteiger partial charge >= 0.3 is 0 Å². The van der Waals surface area contributed by atoms with E-state index in [-0.39, 0.29) is 30.5 Å². The number of hydrogen-bond donors (Lipinski definition) is 2. The summed E-state index contributed by atoms with van der Waals surface area (Å²) < 4.78 is 44.2. The topological polar surface area (TPSA) is 71.5 Å². The van der Waals surface area contributed by atoms with Crippen molar-refractivity contribution in [1.82, 2.24) is 14.9 Å². The fourth-order valence-corrected chi connectivity index (χ4v) is 3.88. The summed E-state index contributed by atoms with van der Waals surface area (Å²) in [6.07, 6.45) is 1.26. The average molecular weight is 413 g/mol. The van der Waals surface area contributed by atoms with Crippen LogP contribution in [0.4, 0.5) is 19.1 Å². The molecule has 0 radical (unpaired) electrons. The molecule has 6 nitrogen and oxygen atoms in total. The SMILES string of the molecule is CC(C)n1c(N2CCC(F)(F)C2)nc2c(F)cc(C3N=C(N)NC=C3Cl)cc21. The molecule has 150 valence electrons. The Labute approximate surface area is 164 Å². The second-order valence-electron chi connectivity index (χ2n) is 7.36. The van der Waals surface area contributed by atoms with Gasteiger partial charge in [0.2, 0.25) is 5.95 Å². The lowest BCUT2D eigenvalue weighted by molar-refractivity contribution is 0.0256. The van der Waals surface area contributed by atoms with E-state index >= 15 is 0 Å². The third-order valence-corrected chi connectivity index (χ3v) is 5.24. The summed E-state index contributed by atoms with van der Waals surface area (Å²) in [5.74, 6) is -2.82. The number of fused-ring (bicyclic) bond motifs is 1. The normalized spacial score (nSPS) is 21.8. The predicted octanol–water partition coefficient (Wildman–Crippen LogP) is 3.64. The molecule has 10 heteroatoms. The number of guanidine groups is 1. The Balaban J connectivity index is 1.86. The molecule has 3 N–H and O–H groups in total. The van der Waals surface area contributed by atoms with Gasteiger partial charge in [0.05, 0.1) is 17.1 Å². The number of nitrogens with one attached hydrogen (secondary N) is 1. The van der Waals surface area contributed by atoms with Gasteiger partial charge in [0.25, 0.3) is 5.92 Å². The van der Waals surface area contributed by atoms with Gasteiger partial charge < -0.3 is 20.5 Å². The van der Waals surface area contributed by atoms with Crippen molar-refractivity contribution >= 4 is 34.5 Å². The number of aliphatic imine (C=N–C) groups is 1. The van der Waals surface area contributed by atoms with Crippen molar-refractivity contribution < 1.29 is 13.2 Å². The van der Waals surface area contributed by atoms with E-state index in [9.17, 15) is 13.2 Å². The van der Waals surface area contributed by atoms with Crippen molar-refractivity contribution in [1.29, 1.82) is 0 Å². The van der Waals surface area contributed by atoms with E-state index < -0.39 is 24.3 Å². The Kier molecular flexibility index (Phi) is 4.45. The van der Waals surface area contributed by atoms with Crippen molar-refractivity contribution in [3.63, 3.8) is 0 Å². The lowest BCUT2D eigenvalue weighted by Gasteiger charge is -2.22. The molecule has 0 aliphatic carbocycles. The average Bonchev–Trinajstić information content (AvgIpc) is 3.17. The molecule has 0 amide bonds. The van der Waals surface area contributed by atoms with Crippen LogP contribution in [-0.2, 0) is 0 Å². The molecule has 0 saturated carbocycles. The van der Waals surface area contributed by atoms with Gasteiger partial charge in [-0.2, -0.15) is 0 Å². The van der Waals surface area contributed by atoms with E-state index in [0.717, 1.165) is 0 Å². The lowest BCUT2D eigenvalue weighted by atomic mass is 10.1. The smallest absolute Gasteiger partial charge is 0.267 e. The number of aromatic nitrogens is 2. The standard InChI is InChI=1S/C18H20ClF3N6/c1-9(2)28-13-6-10(14-11(19)7-24-16(23)25-14)5-12(20)15(13)26-17(28)27-4-3-18(21,22)8-27/h5-7,9,14H,3-4,8H2,1-2H3,(H3,23,24,25). The molecule has 1 aromatic heterocycles. The maximum atomic E-state index is 14.9. The van der Waals surface area contributed by atoms with Crippen molar-refractivity contribution in [2.24, 2.45) is 10.7 Å². The number of nitrogens with two attached hydrogens (primary N) is 1. The molecule has 0 spiro atoms. The Morgan fingerprint density at radius 1 is 1.36 bits per heavy atom. The highest BCUT2D eigenvalue weighted by Gasteiger charge is 2.40. The maximum Gasteiger partial charge on any atom is 0.267 e. The predicted molar refractivity (Wildman–Crippen MR) is 103 cm³/mol. The van der Waals surface area contributed by atoms with Crippen LogP contribution in [0.3, 0.4) is 0 Å². The number of halogens is 4. The van der Waals surface area contributed by atoms with E-state index in [4.69, 9.17) is 17.3 Å². The minimum atomic E-state index is -2.77. The molecule has 0 bridgehead atoms. The summed E-state index contributed by atoms with van der Waals surface area (Å²) in [4.78, 5) is 10.1. The molecule has 1 atom stereocenters. The molecule has 3 heterocycles. The van der Waals surface area contributed by atoms with Crippen molar-refractivity contribution in [3.05, 3.63) is 34.7 Å². The van der Waals surface area contributed by atoms with E-state index in [1.807, 2.05) is 13.8 Å². The number of hydrogen-bond acceptors (Lipinski definition) is 5. The zero-order chi connectivity index (χ0) is 20.2. The highest BCUT2D eigenvalue weighted by atomic mass is 35.5. The molecular formula is C18H20ClF3N6. The highest BCUT2D eigenvalue weighted by Crippen LogP contribution is 2.37. The van der Waals surface area contributed by atoms with Gasteiger partial charge in [-0.3, -0.25) is 0 Å². The van der Waals surface area contributed by atoms with Crippen LogP contribution >= 0.6 is 11.6 Å². The fourth-order valence-electron chi connectivity index (χ4n) is 3.65. The summed E-state index contributed by atoms with van der Waals surface area (Å²) in [5, 5.41) is 3.07. The second kappa shape index (κ2) is 6.58. The van der Waals surface area contributed by atoms with Crippen LogP contribution in [0.15, 0.2) is 28.4 Å². The lowest BCUT2D eigenvalue weighted by Crippen LogP contribution is -2.31. The van der Waals surface area contributed by atoms with Crippen LogP contribution in [0.25, 0.3) is 11.0 Å². The summed E-state index contributed by atoms with van der Waals surface area (Å²) >= 11 is 6.23. The molecule has 1 saturated heterocycles. The summed E-state index contributed by atoms with van der Waals surface area (Å²) in [6.45, 7) is 3.54. The first kappa shape index (κ1) is 18.9. The van der Waals surface area contributed by atoms with Crippen LogP contribution in [0.1, 0.15) is 37.9 Å². The number of imidazole rings is 1. The van der Waals surface area contributed by atoms with Gasteiger partial charge in [0, 0.05) is 25.2 Å². The minimum absolute atomic E-state index is 0.114. The van der Waals surface area contributed by atoms with Gasteiger partial charge in [-0.05, 0) is 31.5 Å². The second-order valence-corrected chi connectivity index (χ2v) is 7.80. The van der Waals surface area contributed by atoms with E-state index in [2.05, 4.69) is 15.3 Å². The third kappa shape index (κ3) is 3.17. The largest absolute Gasteiger partial charge is 0.370 e. The first-order valence-electron chi connectivity index (χ1n) is 8.96. The number of alkyl halides is 2. The van der Waals surface area contributed by atoms with Gasteiger partial charge in [0.1, 0.15) is 11.6 Å². The summed E-state index contributed by atoms with van der Waals surface area (Å²) in [7, 11) is 0. The van der Waals surface area contributed by atoms with Crippen LogP contribution in [-0.4, -0.2) is 34.5 Å². The Hall–Kier alpha value is -2.42. The fraction of sp³-hybridized carbons (Fsp3) is 0.444. The molecular weight excluding hydrogens is 393 g/mol. The number of anilines is 1. The molecule has 2 aromatic rings. The maximum absolute atomic E-state index is 14.9. The Morgan fingerprint density at radius 3 is 2.75 bits per heavy atom. The van der Waals surface area contributed by atoms with E-state index in [0.29, 0.717) is 22.1 Å². The summed E-state index contributed by atoms with van der Waals surface area (Å²) in [6, 6.07) is 2.30. The van der Waals surface area contributed by atoms with Gasteiger partial charge in [-0.25, -0.2) is 23.1 Å². The van der Waals surface area contributed by atoms with E-state index in [1.165, 1.54) is 17.2 Å².